The number of carbonyl (C=O) groups excluding carboxylic acids is 2. The fourth-order valence-corrected chi connectivity index (χ4v) is 5.74. The average Bonchev–Trinajstić information content (AvgIpc) is 2.98. The van der Waals surface area contributed by atoms with Crippen molar-refractivity contribution in [1.82, 2.24) is 9.80 Å². The van der Waals surface area contributed by atoms with Crippen LogP contribution in [0.25, 0.3) is 0 Å². The van der Waals surface area contributed by atoms with Gasteiger partial charge in [0.25, 0.3) is 0 Å². The van der Waals surface area contributed by atoms with Crippen molar-refractivity contribution in [2.75, 3.05) is 57.1 Å². The molecule has 1 aliphatic carbocycles. The van der Waals surface area contributed by atoms with E-state index in [0.717, 1.165) is 47.7 Å². The average molecular weight is 489 g/mol. The number of fused-ring (bicyclic) bond motifs is 1. The lowest BCUT2D eigenvalue weighted by Crippen LogP contribution is -2.50. The minimum atomic E-state index is -0.438. The summed E-state index contributed by atoms with van der Waals surface area (Å²) in [5.41, 5.74) is 4.25. The number of nitrogens with one attached hydrogen (secondary N) is 1. The zero-order valence-corrected chi connectivity index (χ0v) is 21.7. The molecule has 2 aromatic rings. The molecule has 1 fully saturated rings. The van der Waals surface area contributed by atoms with Crippen LogP contribution in [-0.4, -0.2) is 68.4 Å². The predicted molar refractivity (Wildman–Crippen MR) is 142 cm³/mol. The maximum Gasteiger partial charge on any atom is 0.242 e. The topological polar surface area (TPSA) is 65.1 Å². The van der Waals surface area contributed by atoms with Gasteiger partial charge in [-0.25, -0.2) is 0 Å². The summed E-state index contributed by atoms with van der Waals surface area (Å²) in [6.45, 7) is 7.61. The number of hydrogen-bond acceptors (Lipinski definition) is 6. The number of rotatable bonds is 4. The van der Waals surface area contributed by atoms with Crippen molar-refractivity contribution in [2.45, 2.75) is 32.7 Å². The predicted octanol–water partition coefficient (Wildman–Crippen LogP) is 4.09. The van der Waals surface area contributed by atoms with E-state index in [9.17, 15) is 9.59 Å². The van der Waals surface area contributed by atoms with Gasteiger partial charge in [0.15, 0.2) is 5.78 Å². The van der Waals surface area contributed by atoms with E-state index >= 15 is 0 Å². The largest absolute Gasteiger partial charge is 0.496 e. The highest BCUT2D eigenvalue weighted by molar-refractivity contribution is 6.02. The van der Waals surface area contributed by atoms with E-state index in [1.54, 1.807) is 7.11 Å². The molecule has 1 amide bonds. The first-order valence-electron chi connectivity index (χ1n) is 12.8. The van der Waals surface area contributed by atoms with Gasteiger partial charge >= 0.3 is 0 Å². The molecular weight excluding hydrogens is 452 g/mol. The number of hydrogen-bond donors (Lipinski definition) is 1. The van der Waals surface area contributed by atoms with Crippen LogP contribution in [0.5, 0.6) is 5.75 Å². The normalized spacial score (nSPS) is 21.9. The number of ether oxygens (including phenoxy) is 1. The van der Waals surface area contributed by atoms with Crippen LogP contribution in [0.3, 0.4) is 0 Å². The Kier molecular flexibility index (Phi) is 6.51. The molecule has 0 bridgehead atoms. The van der Waals surface area contributed by atoms with E-state index < -0.39 is 6.04 Å². The van der Waals surface area contributed by atoms with Gasteiger partial charge in [-0.1, -0.05) is 44.2 Å². The number of piperazine rings is 1. The SMILES string of the molecule is COc1ccccc1[C@@H]1C2=C(CC(C)(C)CC2=O)Nc2ccccc2N1CC(=O)N1CCN(C)CC1. The summed E-state index contributed by atoms with van der Waals surface area (Å²) in [5.74, 6) is 0.906. The number of anilines is 2. The molecule has 0 unspecified atom stereocenters. The van der Waals surface area contributed by atoms with Crippen molar-refractivity contribution in [3.8, 4) is 5.75 Å². The number of methoxy groups -OCH3 is 1. The molecule has 5 rings (SSSR count). The number of ketones is 1. The van der Waals surface area contributed by atoms with Gasteiger partial charge in [-0.2, -0.15) is 0 Å². The standard InChI is InChI=1S/C29H36N4O3/c1-29(2)17-22-27(24(34)18-29)28(20-9-5-8-12-25(20)36-4)33(23-11-7-6-10-21(23)30-22)19-26(35)32-15-13-31(3)14-16-32/h5-12,28,30H,13-19H2,1-4H3/t28-/m1/s1. The van der Waals surface area contributed by atoms with Crippen molar-refractivity contribution in [3.63, 3.8) is 0 Å². The van der Waals surface area contributed by atoms with Gasteiger partial charge in [-0.05, 0) is 37.1 Å². The second-order valence-electron chi connectivity index (χ2n) is 10.9. The summed E-state index contributed by atoms with van der Waals surface area (Å²) >= 11 is 0. The fraction of sp³-hybridized carbons (Fsp3) is 0.448. The highest BCUT2D eigenvalue weighted by atomic mass is 16.5. The molecule has 2 heterocycles. The molecule has 7 heteroatoms. The lowest BCUT2D eigenvalue weighted by atomic mass is 9.73. The maximum atomic E-state index is 13.8. The molecule has 0 saturated carbocycles. The summed E-state index contributed by atoms with van der Waals surface area (Å²) in [7, 11) is 3.74. The lowest BCUT2D eigenvalue weighted by molar-refractivity contribution is -0.131. The molecule has 1 atom stereocenters. The highest BCUT2D eigenvalue weighted by Crippen LogP contribution is 2.49. The van der Waals surface area contributed by atoms with E-state index in [1.807, 2.05) is 53.4 Å². The smallest absolute Gasteiger partial charge is 0.242 e. The number of carbonyl (C=O) groups is 2. The Bertz CT molecular complexity index is 1200. The Morgan fingerprint density at radius 3 is 2.47 bits per heavy atom. The summed E-state index contributed by atoms with van der Waals surface area (Å²) in [4.78, 5) is 33.8. The second-order valence-corrected chi connectivity index (χ2v) is 10.9. The maximum absolute atomic E-state index is 13.8. The molecule has 0 radical (unpaired) electrons. The summed E-state index contributed by atoms with van der Waals surface area (Å²) < 4.78 is 5.78. The Morgan fingerprint density at radius 2 is 1.72 bits per heavy atom. The van der Waals surface area contributed by atoms with Gasteiger partial charge in [0.2, 0.25) is 5.91 Å². The molecule has 3 aliphatic rings. The second kappa shape index (κ2) is 9.62. The van der Waals surface area contributed by atoms with Crippen molar-refractivity contribution in [1.29, 1.82) is 0 Å². The van der Waals surface area contributed by atoms with Crippen LogP contribution in [0, 0.1) is 5.41 Å². The monoisotopic (exact) mass is 488 g/mol. The Balaban J connectivity index is 1.66. The van der Waals surface area contributed by atoms with Gasteiger partial charge in [0.05, 0.1) is 31.1 Å². The van der Waals surface area contributed by atoms with Crippen LogP contribution in [0.1, 0.15) is 38.3 Å². The van der Waals surface area contributed by atoms with Crippen LogP contribution in [0.15, 0.2) is 59.8 Å². The zero-order valence-electron chi connectivity index (χ0n) is 21.7. The first-order valence-corrected chi connectivity index (χ1v) is 12.8. The van der Waals surface area contributed by atoms with Crippen LogP contribution < -0.4 is 15.0 Å². The molecule has 36 heavy (non-hydrogen) atoms. The summed E-state index contributed by atoms with van der Waals surface area (Å²) in [5, 5.41) is 3.62. The third-order valence-electron chi connectivity index (χ3n) is 7.60. The number of allylic oxidation sites excluding steroid dienone is 1. The number of amides is 1. The van der Waals surface area contributed by atoms with E-state index in [-0.39, 0.29) is 23.7 Å². The van der Waals surface area contributed by atoms with E-state index in [2.05, 4.69) is 36.0 Å². The highest BCUT2D eigenvalue weighted by Gasteiger charge is 2.43. The van der Waals surface area contributed by atoms with Gasteiger partial charge in [-0.15, -0.1) is 0 Å². The molecule has 2 aliphatic heterocycles. The number of likely N-dealkylation sites (N-methyl/N-ethyl adjacent to an activating group) is 1. The van der Waals surface area contributed by atoms with Crippen molar-refractivity contribution in [2.24, 2.45) is 5.41 Å². The molecule has 1 N–H and O–H groups in total. The number of benzene rings is 2. The third-order valence-corrected chi connectivity index (χ3v) is 7.60. The Labute approximate surface area is 213 Å². The molecule has 1 saturated heterocycles. The van der Waals surface area contributed by atoms with Gasteiger partial charge in [-0.3, -0.25) is 9.59 Å². The van der Waals surface area contributed by atoms with E-state index in [0.29, 0.717) is 25.3 Å². The molecule has 190 valence electrons. The molecule has 0 spiro atoms. The summed E-state index contributed by atoms with van der Waals surface area (Å²) in [6.07, 6.45) is 1.23. The number of para-hydroxylation sites is 3. The van der Waals surface area contributed by atoms with E-state index in [1.165, 1.54) is 0 Å². The van der Waals surface area contributed by atoms with E-state index in [4.69, 9.17) is 4.74 Å². The fourth-order valence-electron chi connectivity index (χ4n) is 5.74. The van der Waals surface area contributed by atoms with Crippen LogP contribution >= 0.6 is 0 Å². The minimum absolute atomic E-state index is 0.0745. The van der Waals surface area contributed by atoms with Crippen molar-refractivity contribution < 1.29 is 14.3 Å². The Hall–Kier alpha value is -3.32. The van der Waals surface area contributed by atoms with Crippen LogP contribution in [-0.2, 0) is 9.59 Å². The Morgan fingerprint density at radius 1 is 1.03 bits per heavy atom. The number of Topliss-reactive ketones (excluding diaryl/α,β-unsaturated/α-hetero) is 1. The van der Waals surface area contributed by atoms with Gasteiger partial charge in [0.1, 0.15) is 5.75 Å². The van der Waals surface area contributed by atoms with Gasteiger partial charge in [0, 0.05) is 49.4 Å². The van der Waals surface area contributed by atoms with Crippen molar-refractivity contribution >= 4 is 23.1 Å². The molecule has 0 aromatic heterocycles. The number of nitrogens with zero attached hydrogens (tertiary/aromatic N) is 3. The molecule has 7 nitrogen and oxygen atoms in total. The lowest BCUT2D eigenvalue weighted by Gasteiger charge is -2.39. The quantitative estimate of drug-likeness (QED) is 0.700. The zero-order chi connectivity index (χ0) is 25.4. The summed E-state index contributed by atoms with van der Waals surface area (Å²) in [6, 6.07) is 15.5. The first kappa shape index (κ1) is 24.4. The molecular formula is C29H36N4O3. The third kappa shape index (κ3) is 4.60. The first-order chi connectivity index (χ1) is 17.3. The minimum Gasteiger partial charge on any atom is -0.496 e. The van der Waals surface area contributed by atoms with Gasteiger partial charge < -0.3 is 24.8 Å². The van der Waals surface area contributed by atoms with Crippen molar-refractivity contribution in [3.05, 3.63) is 65.4 Å². The van der Waals surface area contributed by atoms with Crippen LogP contribution in [0.4, 0.5) is 11.4 Å². The van der Waals surface area contributed by atoms with Crippen LogP contribution in [0.2, 0.25) is 0 Å². The molecule has 2 aromatic carbocycles.